The molecule has 1 heterocycles. The minimum absolute atomic E-state index is 0.228. The number of carbonyl (C=O) groups is 1. The van der Waals surface area contributed by atoms with Crippen LogP contribution in [-0.2, 0) is 9.53 Å². The molecule has 0 saturated carbocycles. The highest BCUT2D eigenvalue weighted by Gasteiger charge is 2.25. The molecule has 0 aromatic carbocycles. The van der Waals surface area contributed by atoms with E-state index in [4.69, 9.17) is 4.74 Å². The Kier molecular flexibility index (Phi) is 8.68. The second-order valence-corrected chi connectivity index (χ2v) is 5.64. The van der Waals surface area contributed by atoms with Crippen LogP contribution in [0.4, 0.5) is 0 Å². The van der Waals surface area contributed by atoms with Crippen molar-refractivity contribution in [1.29, 1.82) is 0 Å². The number of hydrogen-bond donors (Lipinski definition) is 0. The van der Waals surface area contributed by atoms with Gasteiger partial charge in [0.2, 0.25) is 5.91 Å². The average Bonchev–Trinajstić information content (AvgIpc) is 2.42. The number of alkyl halides is 1. The first-order valence-corrected chi connectivity index (χ1v) is 8.35. The topological polar surface area (TPSA) is 29.5 Å². The van der Waals surface area contributed by atoms with Crippen molar-refractivity contribution >= 4 is 21.8 Å². The second-order valence-electron chi connectivity index (χ2n) is 4.99. The first-order valence-electron chi connectivity index (χ1n) is 7.22. The van der Waals surface area contributed by atoms with Crippen molar-refractivity contribution in [3.63, 3.8) is 0 Å². The van der Waals surface area contributed by atoms with Gasteiger partial charge in [-0.1, -0.05) is 55.0 Å². The number of hydrogen-bond acceptors (Lipinski definition) is 2. The summed E-state index contributed by atoms with van der Waals surface area (Å²) < 4.78 is 5.40. The molecule has 1 saturated heterocycles. The first-order chi connectivity index (χ1) is 8.79. The van der Waals surface area contributed by atoms with Gasteiger partial charge in [-0.05, 0) is 6.42 Å². The van der Waals surface area contributed by atoms with Crippen molar-refractivity contribution in [2.75, 3.05) is 25.1 Å². The van der Waals surface area contributed by atoms with Crippen molar-refractivity contribution in [1.82, 2.24) is 4.90 Å². The van der Waals surface area contributed by atoms with E-state index in [0.29, 0.717) is 25.5 Å². The predicted molar refractivity (Wildman–Crippen MR) is 78.1 cm³/mol. The Labute approximate surface area is 119 Å². The van der Waals surface area contributed by atoms with Gasteiger partial charge in [0.15, 0.2) is 0 Å². The Balaban J connectivity index is 2.14. The van der Waals surface area contributed by atoms with E-state index in [-0.39, 0.29) is 6.04 Å². The van der Waals surface area contributed by atoms with Gasteiger partial charge < -0.3 is 9.64 Å². The molecule has 0 aromatic rings. The molecule has 1 aliphatic heterocycles. The van der Waals surface area contributed by atoms with Crippen LogP contribution in [0.2, 0.25) is 0 Å². The Morgan fingerprint density at radius 3 is 2.72 bits per heavy atom. The largest absolute Gasteiger partial charge is 0.377 e. The summed E-state index contributed by atoms with van der Waals surface area (Å²) in [6, 6.07) is 0.228. The minimum Gasteiger partial charge on any atom is -0.377 e. The molecular formula is C14H26BrNO2. The normalized spacial score (nSPS) is 20.1. The molecule has 1 amide bonds. The highest BCUT2D eigenvalue weighted by molar-refractivity contribution is 9.09. The highest BCUT2D eigenvalue weighted by Crippen LogP contribution is 2.13. The lowest BCUT2D eigenvalue weighted by molar-refractivity contribution is -0.138. The van der Waals surface area contributed by atoms with Gasteiger partial charge in [-0.2, -0.15) is 0 Å². The van der Waals surface area contributed by atoms with Crippen molar-refractivity contribution in [3.8, 4) is 0 Å². The lowest BCUT2D eigenvalue weighted by atomic mass is 10.1. The predicted octanol–water partition coefficient (Wildman–Crippen LogP) is 3.36. The number of nitrogens with zero attached hydrogens (tertiary/aromatic N) is 1. The van der Waals surface area contributed by atoms with E-state index in [1.807, 2.05) is 4.90 Å². The molecule has 1 unspecified atom stereocenters. The van der Waals surface area contributed by atoms with Gasteiger partial charge in [-0.3, -0.25) is 4.79 Å². The molecule has 0 spiro atoms. The molecule has 0 aromatic heterocycles. The van der Waals surface area contributed by atoms with E-state index in [2.05, 4.69) is 22.9 Å². The third kappa shape index (κ3) is 5.70. The summed E-state index contributed by atoms with van der Waals surface area (Å²) in [6.07, 6.45) is 8.11. The van der Waals surface area contributed by atoms with Gasteiger partial charge >= 0.3 is 0 Å². The fourth-order valence-electron chi connectivity index (χ4n) is 2.31. The fraction of sp³-hybridized carbons (Fsp3) is 0.929. The average molecular weight is 320 g/mol. The maximum Gasteiger partial charge on any atom is 0.223 e. The van der Waals surface area contributed by atoms with E-state index >= 15 is 0 Å². The molecule has 106 valence electrons. The van der Waals surface area contributed by atoms with E-state index in [0.717, 1.165) is 18.3 Å². The lowest BCUT2D eigenvalue weighted by Gasteiger charge is -2.34. The van der Waals surface area contributed by atoms with Crippen LogP contribution in [0.1, 0.15) is 51.9 Å². The van der Waals surface area contributed by atoms with Crippen LogP contribution in [0, 0.1) is 0 Å². The van der Waals surface area contributed by atoms with Crippen LogP contribution in [0.15, 0.2) is 0 Å². The van der Waals surface area contributed by atoms with E-state index < -0.39 is 0 Å². The summed E-state index contributed by atoms with van der Waals surface area (Å²) in [6.45, 7) is 4.34. The molecular weight excluding hydrogens is 294 g/mol. The number of carbonyl (C=O) groups excluding carboxylic acids is 1. The molecule has 18 heavy (non-hydrogen) atoms. The number of ether oxygens (including phenoxy) is 1. The molecule has 0 bridgehead atoms. The van der Waals surface area contributed by atoms with Crippen molar-refractivity contribution in [2.45, 2.75) is 57.9 Å². The van der Waals surface area contributed by atoms with Crippen LogP contribution in [-0.4, -0.2) is 41.9 Å². The Morgan fingerprint density at radius 2 is 2.00 bits per heavy atom. The first kappa shape index (κ1) is 16.0. The van der Waals surface area contributed by atoms with E-state index in [1.165, 1.54) is 32.1 Å². The van der Waals surface area contributed by atoms with Gasteiger partial charge in [-0.15, -0.1) is 0 Å². The van der Waals surface area contributed by atoms with Crippen molar-refractivity contribution < 1.29 is 9.53 Å². The van der Waals surface area contributed by atoms with Gasteiger partial charge in [-0.25, -0.2) is 0 Å². The zero-order chi connectivity index (χ0) is 13.2. The van der Waals surface area contributed by atoms with Crippen molar-refractivity contribution in [3.05, 3.63) is 0 Å². The molecule has 3 nitrogen and oxygen atoms in total. The third-order valence-corrected chi connectivity index (χ3v) is 4.22. The van der Waals surface area contributed by atoms with Crippen LogP contribution >= 0.6 is 15.9 Å². The molecule has 0 aliphatic carbocycles. The lowest BCUT2D eigenvalue weighted by Crippen LogP contribution is -2.49. The molecule has 4 heteroatoms. The van der Waals surface area contributed by atoms with Gasteiger partial charge in [0, 0.05) is 18.3 Å². The zero-order valence-corrected chi connectivity index (χ0v) is 13.1. The van der Waals surface area contributed by atoms with Crippen LogP contribution in [0.25, 0.3) is 0 Å². The van der Waals surface area contributed by atoms with Gasteiger partial charge in [0.1, 0.15) is 0 Å². The number of morpholine rings is 1. The standard InChI is InChI=1S/C14H26BrNO2/c1-2-3-4-5-6-7-8-14(17)16-9-10-18-12-13(16)11-15/h13H,2-12H2,1H3. The number of unbranched alkanes of at least 4 members (excludes halogenated alkanes) is 5. The molecule has 0 N–H and O–H groups in total. The smallest absolute Gasteiger partial charge is 0.223 e. The Bertz CT molecular complexity index is 236. The summed E-state index contributed by atoms with van der Waals surface area (Å²) in [5.74, 6) is 0.304. The Hall–Kier alpha value is -0.0900. The maximum atomic E-state index is 12.1. The number of amides is 1. The van der Waals surface area contributed by atoms with Gasteiger partial charge in [0.05, 0.1) is 19.3 Å². The SMILES string of the molecule is CCCCCCCCC(=O)N1CCOCC1CBr. The number of rotatable bonds is 8. The quantitative estimate of drug-likeness (QED) is 0.507. The summed E-state index contributed by atoms with van der Waals surface area (Å²) in [5, 5.41) is 0.815. The zero-order valence-electron chi connectivity index (χ0n) is 11.5. The monoisotopic (exact) mass is 319 g/mol. The molecule has 1 atom stereocenters. The van der Waals surface area contributed by atoms with Crippen molar-refractivity contribution in [2.24, 2.45) is 0 Å². The van der Waals surface area contributed by atoms with Crippen LogP contribution < -0.4 is 0 Å². The summed E-state index contributed by atoms with van der Waals surface area (Å²) >= 11 is 3.46. The van der Waals surface area contributed by atoms with Crippen LogP contribution in [0.3, 0.4) is 0 Å². The molecule has 1 rings (SSSR count). The highest BCUT2D eigenvalue weighted by atomic mass is 79.9. The maximum absolute atomic E-state index is 12.1. The van der Waals surface area contributed by atoms with E-state index in [9.17, 15) is 4.79 Å². The minimum atomic E-state index is 0.228. The van der Waals surface area contributed by atoms with Gasteiger partial charge in [0.25, 0.3) is 0 Å². The third-order valence-electron chi connectivity index (χ3n) is 3.47. The second kappa shape index (κ2) is 9.79. The number of halogens is 1. The molecule has 1 fully saturated rings. The van der Waals surface area contributed by atoms with E-state index in [1.54, 1.807) is 0 Å². The summed E-state index contributed by atoms with van der Waals surface area (Å²) in [7, 11) is 0. The molecule has 0 radical (unpaired) electrons. The molecule has 1 aliphatic rings. The summed E-state index contributed by atoms with van der Waals surface area (Å²) in [4.78, 5) is 14.1. The fourth-order valence-corrected chi connectivity index (χ4v) is 2.85. The summed E-state index contributed by atoms with van der Waals surface area (Å²) in [5.41, 5.74) is 0. The Morgan fingerprint density at radius 1 is 1.28 bits per heavy atom. The van der Waals surface area contributed by atoms with Crippen LogP contribution in [0.5, 0.6) is 0 Å².